The summed E-state index contributed by atoms with van der Waals surface area (Å²) in [5.41, 5.74) is 2.69. The molecular formula is C13H20O2Si. The first-order valence-corrected chi connectivity index (χ1v) is 9.42. The summed E-state index contributed by atoms with van der Waals surface area (Å²) in [6.45, 7) is 10.2. The van der Waals surface area contributed by atoms with Crippen LogP contribution in [0.2, 0.25) is 19.6 Å². The van der Waals surface area contributed by atoms with Crippen LogP contribution in [0.4, 0.5) is 0 Å². The lowest BCUT2D eigenvalue weighted by molar-refractivity contribution is -0.119. The molecule has 1 aliphatic heterocycles. The van der Waals surface area contributed by atoms with E-state index >= 15 is 0 Å². The van der Waals surface area contributed by atoms with Gasteiger partial charge in [-0.15, -0.1) is 0 Å². The van der Waals surface area contributed by atoms with Crippen LogP contribution in [-0.4, -0.2) is 27.1 Å². The maximum atomic E-state index is 11.8. The van der Waals surface area contributed by atoms with E-state index in [2.05, 4.69) is 25.7 Å². The van der Waals surface area contributed by atoms with E-state index in [-0.39, 0.29) is 5.92 Å². The number of allylic oxidation sites excluding steroid dienone is 2. The maximum Gasteiger partial charge on any atom is 0.136 e. The third kappa shape index (κ3) is 1.94. The van der Waals surface area contributed by atoms with Crippen LogP contribution in [0.15, 0.2) is 22.4 Å². The van der Waals surface area contributed by atoms with Crippen LogP contribution >= 0.6 is 0 Å². The van der Waals surface area contributed by atoms with Crippen molar-refractivity contribution in [1.82, 2.24) is 0 Å². The summed E-state index contributed by atoms with van der Waals surface area (Å²) < 4.78 is 5.53. The molecular weight excluding hydrogens is 216 g/mol. The van der Waals surface area contributed by atoms with Gasteiger partial charge in [0.1, 0.15) is 5.78 Å². The molecule has 1 heterocycles. The molecule has 0 saturated carbocycles. The molecule has 1 unspecified atom stereocenters. The highest BCUT2D eigenvalue weighted by Crippen LogP contribution is 2.39. The van der Waals surface area contributed by atoms with Gasteiger partial charge in [-0.25, -0.2) is 0 Å². The van der Waals surface area contributed by atoms with Crippen LogP contribution in [0.5, 0.6) is 0 Å². The van der Waals surface area contributed by atoms with Gasteiger partial charge in [0.05, 0.1) is 21.3 Å². The van der Waals surface area contributed by atoms with Gasteiger partial charge in [-0.2, -0.15) is 0 Å². The van der Waals surface area contributed by atoms with Crippen molar-refractivity contribution < 1.29 is 9.53 Å². The number of ether oxygens (including phenoxy) is 1. The van der Waals surface area contributed by atoms with E-state index in [1.54, 1.807) is 6.92 Å². The summed E-state index contributed by atoms with van der Waals surface area (Å²) in [4.78, 5) is 11.8. The molecule has 0 aromatic heterocycles. The highest BCUT2D eigenvalue weighted by atomic mass is 28.3. The Morgan fingerprint density at radius 1 is 1.38 bits per heavy atom. The Morgan fingerprint density at radius 2 is 2.06 bits per heavy atom. The smallest absolute Gasteiger partial charge is 0.136 e. The minimum atomic E-state index is -1.43. The molecule has 16 heavy (non-hydrogen) atoms. The molecule has 0 spiro atoms. The molecule has 2 nitrogen and oxygen atoms in total. The van der Waals surface area contributed by atoms with Gasteiger partial charge in [0, 0.05) is 5.92 Å². The van der Waals surface area contributed by atoms with Gasteiger partial charge < -0.3 is 4.74 Å². The van der Waals surface area contributed by atoms with Crippen LogP contribution in [0.3, 0.4) is 0 Å². The topological polar surface area (TPSA) is 26.3 Å². The number of fused-ring (bicyclic) bond motifs is 1. The van der Waals surface area contributed by atoms with Gasteiger partial charge in [-0.05, 0) is 24.5 Å². The van der Waals surface area contributed by atoms with Gasteiger partial charge in [0.2, 0.25) is 0 Å². The van der Waals surface area contributed by atoms with Gasteiger partial charge >= 0.3 is 0 Å². The minimum absolute atomic E-state index is 0.132. The predicted molar refractivity (Wildman–Crippen MR) is 68.1 cm³/mol. The highest BCUT2D eigenvalue weighted by molar-refractivity contribution is 6.83. The molecule has 0 amide bonds. The third-order valence-corrected chi connectivity index (χ3v) is 5.73. The van der Waals surface area contributed by atoms with E-state index < -0.39 is 8.07 Å². The van der Waals surface area contributed by atoms with Gasteiger partial charge in [-0.1, -0.05) is 30.9 Å². The third-order valence-electron chi connectivity index (χ3n) is 3.46. The van der Waals surface area contributed by atoms with Crippen LogP contribution in [-0.2, 0) is 9.53 Å². The monoisotopic (exact) mass is 236 g/mol. The van der Waals surface area contributed by atoms with Crippen LogP contribution < -0.4 is 0 Å². The number of carbonyl (C=O) groups is 1. The molecule has 0 aromatic carbocycles. The summed E-state index contributed by atoms with van der Waals surface area (Å²) in [5.74, 6) is 0.444. The van der Waals surface area contributed by atoms with E-state index in [9.17, 15) is 4.79 Å². The normalized spacial score (nSPS) is 25.5. The first-order chi connectivity index (χ1) is 7.41. The number of hydrogen-bond donors (Lipinski definition) is 0. The van der Waals surface area contributed by atoms with Crippen LogP contribution in [0.25, 0.3) is 0 Å². The first-order valence-electron chi connectivity index (χ1n) is 5.92. The van der Waals surface area contributed by atoms with Crippen molar-refractivity contribution in [2.75, 3.05) is 13.2 Å². The number of ketones is 1. The van der Waals surface area contributed by atoms with Crippen molar-refractivity contribution >= 4 is 13.9 Å². The lowest BCUT2D eigenvalue weighted by Crippen LogP contribution is -2.35. The van der Waals surface area contributed by atoms with Gasteiger partial charge in [0.25, 0.3) is 0 Å². The molecule has 3 heteroatoms. The lowest BCUT2D eigenvalue weighted by atomic mass is 9.89. The molecule has 2 aliphatic rings. The number of Topliss-reactive ketones (excluding diaryl/α,β-unsaturated/α-hetero) is 1. The lowest BCUT2D eigenvalue weighted by Gasteiger charge is -2.32. The van der Waals surface area contributed by atoms with E-state index in [0.717, 1.165) is 19.6 Å². The van der Waals surface area contributed by atoms with Crippen LogP contribution in [0.1, 0.15) is 13.3 Å². The summed E-state index contributed by atoms with van der Waals surface area (Å²) in [6, 6.07) is 0. The van der Waals surface area contributed by atoms with Crippen molar-refractivity contribution in [1.29, 1.82) is 0 Å². The zero-order chi connectivity index (χ0) is 11.9. The van der Waals surface area contributed by atoms with Crippen molar-refractivity contribution in [3.05, 3.63) is 22.4 Å². The Kier molecular flexibility index (Phi) is 2.93. The quantitative estimate of drug-likeness (QED) is 0.689. The van der Waals surface area contributed by atoms with Crippen molar-refractivity contribution in [3.63, 3.8) is 0 Å². The molecule has 1 atom stereocenters. The molecule has 1 aliphatic carbocycles. The number of rotatable bonds is 2. The molecule has 0 aromatic rings. The van der Waals surface area contributed by atoms with Gasteiger partial charge in [-0.3, -0.25) is 4.79 Å². The van der Waals surface area contributed by atoms with E-state index in [4.69, 9.17) is 4.74 Å². The largest absolute Gasteiger partial charge is 0.372 e. The highest BCUT2D eigenvalue weighted by Gasteiger charge is 2.36. The van der Waals surface area contributed by atoms with Crippen LogP contribution in [0, 0.1) is 5.92 Å². The summed E-state index contributed by atoms with van der Waals surface area (Å²) in [6.07, 6.45) is 3.09. The van der Waals surface area contributed by atoms with E-state index in [0.29, 0.717) is 5.78 Å². The second-order valence-corrected chi connectivity index (χ2v) is 10.8. The predicted octanol–water partition coefficient (Wildman–Crippen LogP) is 2.73. The SMILES string of the molecule is CC(=O)C1CC=C2COCC2=C1[Si](C)(C)C. The number of carbonyl (C=O) groups excluding carboxylic acids is 1. The number of hydrogen-bond acceptors (Lipinski definition) is 2. The molecule has 0 bridgehead atoms. The summed E-state index contributed by atoms with van der Waals surface area (Å²) >= 11 is 0. The Bertz CT molecular complexity index is 385. The second-order valence-electron chi connectivity index (χ2n) is 5.76. The first kappa shape index (κ1) is 11.8. The van der Waals surface area contributed by atoms with E-state index in [1.807, 2.05) is 0 Å². The summed E-state index contributed by atoms with van der Waals surface area (Å²) in [5, 5.41) is 1.44. The fraction of sp³-hybridized carbons (Fsp3) is 0.615. The van der Waals surface area contributed by atoms with Gasteiger partial charge in [0.15, 0.2) is 0 Å². The average molecular weight is 236 g/mol. The molecule has 88 valence electrons. The average Bonchev–Trinajstić information content (AvgIpc) is 2.61. The Hall–Kier alpha value is -0.673. The standard InChI is InChI=1S/C13H20O2Si/c1-9(14)11-6-5-10-7-15-8-12(10)13(11)16(2,3)4/h5,11H,6-8H2,1-4H3. The van der Waals surface area contributed by atoms with Crippen molar-refractivity contribution in [2.24, 2.45) is 5.92 Å². The zero-order valence-corrected chi connectivity index (χ0v) is 11.6. The second kappa shape index (κ2) is 3.97. The summed E-state index contributed by atoms with van der Waals surface area (Å²) in [7, 11) is -1.43. The molecule has 1 fully saturated rings. The molecule has 0 radical (unpaired) electrons. The Labute approximate surface area is 98.4 Å². The zero-order valence-electron chi connectivity index (χ0n) is 10.6. The fourth-order valence-corrected chi connectivity index (χ4v) is 5.31. The van der Waals surface area contributed by atoms with Crippen molar-refractivity contribution in [3.8, 4) is 0 Å². The Balaban J connectivity index is 2.50. The Morgan fingerprint density at radius 3 is 2.62 bits per heavy atom. The fourth-order valence-electron chi connectivity index (χ4n) is 2.81. The van der Waals surface area contributed by atoms with Crippen molar-refractivity contribution in [2.45, 2.75) is 33.0 Å². The minimum Gasteiger partial charge on any atom is -0.372 e. The molecule has 2 rings (SSSR count). The van der Waals surface area contributed by atoms with E-state index in [1.165, 1.54) is 16.3 Å². The molecule has 1 saturated heterocycles. The maximum absolute atomic E-state index is 11.8. The molecule has 0 N–H and O–H groups in total.